The number of halogens is 1. The summed E-state index contributed by atoms with van der Waals surface area (Å²) >= 11 is 0. The summed E-state index contributed by atoms with van der Waals surface area (Å²) in [6.07, 6.45) is -0.143. The van der Waals surface area contributed by atoms with E-state index in [1.807, 2.05) is 13.0 Å². The Hall–Kier alpha value is -1.63. The topological polar surface area (TPSA) is 79.5 Å². The SMILES string of the molecule is CNC(=O)c1cccc(CNC(=O)[C@H]2NCCO[C@@H]2C)c1.Cl. The molecule has 1 aromatic carbocycles. The molecule has 6 nitrogen and oxygen atoms in total. The van der Waals surface area contributed by atoms with Crippen molar-refractivity contribution in [2.24, 2.45) is 0 Å². The molecule has 0 radical (unpaired) electrons. The van der Waals surface area contributed by atoms with Gasteiger partial charge in [-0.3, -0.25) is 9.59 Å². The van der Waals surface area contributed by atoms with Crippen LogP contribution in [0.2, 0.25) is 0 Å². The molecule has 0 unspecified atom stereocenters. The fourth-order valence-corrected chi connectivity index (χ4v) is 2.29. The number of ether oxygens (including phenoxy) is 1. The number of hydrogen-bond acceptors (Lipinski definition) is 4. The van der Waals surface area contributed by atoms with Crippen LogP contribution in [0.15, 0.2) is 24.3 Å². The van der Waals surface area contributed by atoms with Crippen molar-refractivity contribution in [1.29, 1.82) is 0 Å². The average molecular weight is 328 g/mol. The van der Waals surface area contributed by atoms with Gasteiger partial charge in [0.1, 0.15) is 6.04 Å². The maximum absolute atomic E-state index is 12.1. The van der Waals surface area contributed by atoms with Gasteiger partial charge in [0.15, 0.2) is 0 Å². The molecular weight excluding hydrogens is 306 g/mol. The minimum absolute atomic E-state index is 0. The molecule has 0 aliphatic carbocycles. The number of morpholine rings is 1. The Morgan fingerprint density at radius 1 is 1.41 bits per heavy atom. The van der Waals surface area contributed by atoms with E-state index >= 15 is 0 Å². The highest BCUT2D eigenvalue weighted by atomic mass is 35.5. The van der Waals surface area contributed by atoms with E-state index < -0.39 is 0 Å². The highest BCUT2D eigenvalue weighted by molar-refractivity contribution is 5.94. The van der Waals surface area contributed by atoms with Gasteiger partial charge in [0.2, 0.25) is 5.91 Å². The highest BCUT2D eigenvalue weighted by Gasteiger charge is 2.27. The molecule has 2 atom stereocenters. The molecule has 3 N–H and O–H groups in total. The van der Waals surface area contributed by atoms with Crippen LogP contribution in [-0.2, 0) is 16.1 Å². The second-order valence-electron chi connectivity index (χ2n) is 5.01. The Bertz CT molecular complexity index is 525. The van der Waals surface area contributed by atoms with Crippen LogP contribution in [0.25, 0.3) is 0 Å². The van der Waals surface area contributed by atoms with Crippen molar-refractivity contribution in [1.82, 2.24) is 16.0 Å². The van der Waals surface area contributed by atoms with Crippen LogP contribution in [0.1, 0.15) is 22.8 Å². The van der Waals surface area contributed by atoms with Crippen molar-refractivity contribution in [3.05, 3.63) is 35.4 Å². The first kappa shape index (κ1) is 18.4. The summed E-state index contributed by atoms with van der Waals surface area (Å²) in [5, 5.41) is 8.59. The Kier molecular flexibility index (Phi) is 7.31. The molecule has 1 saturated heterocycles. The molecule has 2 rings (SSSR count). The van der Waals surface area contributed by atoms with E-state index in [0.29, 0.717) is 25.3 Å². The molecule has 22 heavy (non-hydrogen) atoms. The van der Waals surface area contributed by atoms with Gasteiger partial charge in [-0.1, -0.05) is 12.1 Å². The summed E-state index contributed by atoms with van der Waals surface area (Å²) in [6, 6.07) is 6.86. The molecule has 1 aliphatic rings. The van der Waals surface area contributed by atoms with E-state index in [1.54, 1.807) is 25.2 Å². The van der Waals surface area contributed by atoms with Gasteiger partial charge in [-0.05, 0) is 24.6 Å². The van der Waals surface area contributed by atoms with E-state index in [2.05, 4.69) is 16.0 Å². The third kappa shape index (κ3) is 4.69. The summed E-state index contributed by atoms with van der Waals surface area (Å²) < 4.78 is 5.45. The summed E-state index contributed by atoms with van der Waals surface area (Å²) in [5.41, 5.74) is 1.46. The molecule has 0 spiro atoms. The van der Waals surface area contributed by atoms with Gasteiger partial charge < -0.3 is 20.7 Å². The van der Waals surface area contributed by atoms with Crippen molar-refractivity contribution in [2.45, 2.75) is 25.6 Å². The normalized spacial score (nSPS) is 20.6. The number of carbonyl (C=O) groups excluding carboxylic acids is 2. The number of benzene rings is 1. The monoisotopic (exact) mass is 327 g/mol. The molecule has 1 fully saturated rings. The minimum Gasteiger partial charge on any atom is -0.375 e. The lowest BCUT2D eigenvalue weighted by atomic mass is 10.1. The van der Waals surface area contributed by atoms with Crippen molar-refractivity contribution >= 4 is 24.2 Å². The first-order chi connectivity index (χ1) is 10.1. The number of rotatable bonds is 4. The first-order valence-corrected chi connectivity index (χ1v) is 7.05. The maximum atomic E-state index is 12.1. The van der Waals surface area contributed by atoms with Crippen molar-refractivity contribution in [3.8, 4) is 0 Å². The van der Waals surface area contributed by atoms with Crippen molar-refractivity contribution < 1.29 is 14.3 Å². The summed E-state index contributed by atoms with van der Waals surface area (Å²) in [4.78, 5) is 23.7. The third-order valence-corrected chi connectivity index (χ3v) is 3.48. The maximum Gasteiger partial charge on any atom is 0.251 e. The molecule has 0 bridgehead atoms. The number of carbonyl (C=O) groups is 2. The molecule has 1 aliphatic heterocycles. The van der Waals surface area contributed by atoms with E-state index in [1.165, 1.54) is 0 Å². The van der Waals surface area contributed by atoms with Gasteiger partial charge in [0.25, 0.3) is 5.91 Å². The smallest absolute Gasteiger partial charge is 0.251 e. The van der Waals surface area contributed by atoms with Crippen LogP contribution < -0.4 is 16.0 Å². The lowest BCUT2D eigenvalue weighted by Crippen LogP contribution is -2.55. The number of nitrogens with one attached hydrogen (secondary N) is 3. The zero-order valence-corrected chi connectivity index (χ0v) is 13.5. The third-order valence-electron chi connectivity index (χ3n) is 3.48. The van der Waals surface area contributed by atoms with E-state index in [9.17, 15) is 9.59 Å². The van der Waals surface area contributed by atoms with Crippen LogP contribution in [0.5, 0.6) is 0 Å². The van der Waals surface area contributed by atoms with Crippen LogP contribution in [0.3, 0.4) is 0 Å². The molecule has 7 heteroatoms. The van der Waals surface area contributed by atoms with Gasteiger partial charge in [0, 0.05) is 25.7 Å². The Morgan fingerprint density at radius 2 is 2.18 bits per heavy atom. The molecule has 1 aromatic rings. The fraction of sp³-hybridized carbons (Fsp3) is 0.467. The zero-order valence-electron chi connectivity index (χ0n) is 12.7. The molecular formula is C15H22ClN3O3. The van der Waals surface area contributed by atoms with Gasteiger partial charge in [-0.15, -0.1) is 12.4 Å². The predicted molar refractivity (Wildman–Crippen MR) is 86.1 cm³/mol. The second-order valence-corrected chi connectivity index (χ2v) is 5.01. The highest BCUT2D eigenvalue weighted by Crippen LogP contribution is 2.07. The summed E-state index contributed by atoms with van der Waals surface area (Å²) in [7, 11) is 1.59. The van der Waals surface area contributed by atoms with Gasteiger partial charge >= 0.3 is 0 Å². The second kappa shape index (κ2) is 8.73. The quantitative estimate of drug-likeness (QED) is 0.750. The zero-order chi connectivity index (χ0) is 15.2. The Morgan fingerprint density at radius 3 is 2.86 bits per heavy atom. The minimum atomic E-state index is -0.333. The number of amides is 2. The number of hydrogen-bond donors (Lipinski definition) is 3. The molecule has 2 amide bonds. The standard InChI is InChI=1S/C15H21N3O3.ClH/c1-10-13(17-6-7-21-10)15(20)18-9-11-4-3-5-12(8-11)14(19)16-2;/h3-5,8,10,13,17H,6-7,9H2,1-2H3,(H,16,19)(H,18,20);1H/t10-,13+;/m1./s1. The predicted octanol–water partition coefficient (Wildman–Crippen LogP) is 0.461. The first-order valence-electron chi connectivity index (χ1n) is 7.05. The summed E-state index contributed by atoms with van der Waals surface area (Å²) in [6.45, 7) is 3.56. The molecule has 1 heterocycles. The molecule has 0 aromatic heterocycles. The molecule has 0 saturated carbocycles. The van der Waals surface area contributed by atoms with Gasteiger partial charge in [-0.25, -0.2) is 0 Å². The lowest BCUT2D eigenvalue weighted by Gasteiger charge is -2.29. The van der Waals surface area contributed by atoms with Crippen LogP contribution in [0.4, 0.5) is 0 Å². The van der Waals surface area contributed by atoms with E-state index in [-0.39, 0.29) is 36.4 Å². The lowest BCUT2D eigenvalue weighted by molar-refractivity contribution is -0.129. The summed E-state index contributed by atoms with van der Waals surface area (Å²) in [5.74, 6) is -0.230. The average Bonchev–Trinajstić information content (AvgIpc) is 2.52. The van der Waals surface area contributed by atoms with Crippen molar-refractivity contribution in [2.75, 3.05) is 20.2 Å². The van der Waals surface area contributed by atoms with Crippen LogP contribution in [-0.4, -0.2) is 44.2 Å². The van der Waals surface area contributed by atoms with Crippen LogP contribution in [0, 0.1) is 0 Å². The fourth-order valence-electron chi connectivity index (χ4n) is 2.29. The van der Waals surface area contributed by atoms with Gasteiger partial charge in [-0.2, -0.15) is 0 Å². The molecule has 122 valence electrons. The van der Waals surface area contributed by atoms with Crippen LogP contribution >= 0.6 is 12.4 Å². The van der Waals surface area contributed by atoms with E-state index in [0.717, 1.165) is 5.56 Å². The largest absolute Gasteiger partial charge is 0.375 e. The van der Waals surface area contributed by atoms with Crippen molar-refractivity contribution in [3.63, 3.8) is 0 Å². The Labute approximate surface area is 136 Å². The Balaban J connectivity index is 0.00000242. The van der Waals surface area contributed by atoms with E-state index in [4.69, 9.17) is 4.74 Å². The van der Waals surface area contributed by atoms with Gasteiger partial charge in [0.05, 0.1) is 12.7 Å².